The van der Waals surface area contributed by atoms with Crippen molar-refractivity contribution in [3.8, 4) is 0 Å². The highest BCUT2D eigenvalue weighted by atomic mass is 31.2. The van der Waals surface area contributed by atoms with Crippen LogP contribution in [0.2, 0.25) is 0 Å². The molecule has 0 bridgehead atoms. The Bertz CT molecular complexity index is 1270. The van der Waals surface area contributed by atoms with Gasteiger partial charge >= 0.3 is 0 Å². The summed E-state index contributed by atoms with van der Waals surface area (Å²) in [5.41, 5.74) is 0. The minimum atomic E-state index is -3.04. The first-order chi connectivity index (χ1) is 19.1. The maximum atomic E-state index is 13.4. The lowest BCUT2D eigenvalue weighted by Crippen LogP contribution is -2.27. The summed E-state index contributed by atoms with van der Waals surface area (Å²) in [6.45, 7) is 2.81. The maximum absolute atomic E-state index is 13.4. The average molecular weight is 577 g/mol. The smallest absolute Gasteiger partial charge is 0.168 e. The van der Waals surface area contributed by atoms with Crippen LogP contribution < -0.4 is 21.2 Å². The molecular formula is C32H34O6P2. The summed E-state index contributed by atoms with van der Waals surface area (Å²) in [5, 5.41) is 21.4. The van der Waals surface area contributed by atoms with Crippen molar-refractivity contribution < 1.29 is 28.9 Å². The highest BCUT2D eigenvalue weighted by Gasteiger charge is 2.32. The number of aliphatic hydroxyl groups excluding tert-OH is 2. The molecule has 0 fully saturated rings. The zero-order chi connectivity index (χ0) is 29.2. The Kier molecular flexibility index (Phi) is 11.1. The minimum Gasteiger partial charge on any atom is -0.386 e. The van der Waals surface area contributed by atoms with Crippen molar-refractivity contribution in [2.75, 3.05) is 12.3 Å². The Hall–Kier alpha value is -3.40. The molecule has 2 N–H and O–H groups in total. The van der Waals surface area contributed by atoms with E-state index in [-0.39, 0.29) is 12.3 Å². The molecule has 4 aromatic rings. The summed E-state index contributed by atoms with van der Waals surface area (Å²) >= 11 is 0. The molecule has 0 aliphatic rings. The Morgan fingerprint density at radius 3 is 0.875 bits per heavy atom. The van der Waals surface area contributed by atoms with E-state index in [1.54, 1.807) is 97.1 Å². The zero-order valence-electron chi connectivity index (χ0n) is 22.5. The third-order valence-electron chi connectivity index (χ3n) is 6.38. The molecule has 0 aliphatic carbocycles. The van der Waals surface area contributed by atoms with Gasteiger partial charge in [-0.3, -0.25) is 9.59 Å². The summed E-state index contributed by atoms with van der Waals surface area (Å²) in [6, 6.07) is 35.9. The fourth-order valence-corrected chi connectivity index (χ4v) is 9.39. The van der Waals surface area contributed by atoms with Crippen LogP contribution in [0.3, 0.4) is 0 Å². The number of ketones is 2. The lowest BCUT2D eigenvalue weighted by molar-refractivity contribution is -0.124. The van der Waals surface area contributed by atoms with E-state index in [1.165, 1.54) is 13.8 Å². The fourth-order valence-electron chi connectivity index (χ4n) is 4.04. The van der Waals surface area contributed by atoms with Crippen LogP contribution in [0.4, 0.5) is 0 Å². The zero-order valence-corrected chi connectivity index (χ0v) is 24.3. The van der Waals surface area contributed by atoms with E-state index in [4.69, 9.17) is 0 Å². The number of benzene rings is 4. The Labute approximate surface area is 235 Å². The third kappa shape index (κ3) is 7.84. The molecule has 208 valence electrons. The number of Topliss-reactive ketones (excluding diaryl/α,β-unsaturated/α-hetero) is 2. The topological polar surface area (TPSA) is 109 Å². The first-order valence-corrected chi connectivity index (χ1v) is 16.7. The van der Waals surface area contributed by atoms with Crippen molar-refractivity contribution in [1.82, 2.24) is 0 Å². The van der Waals surface area contributed by atoms with Crippen molar-refractivity contribution in [2.24, 2.45) is 0 Å². The summed E-state index contributed by atoms with van der Waals surface area (Å²) in [7, 11) is -6.09. The maximum Gasteiger partial charge on any atom is 0.168 e. The van der Waals surface area contributed by atoms with Gasteiger partial charge in [-0.15, -0.1) is 0 Å². The quantitative estimate of drug-likeness (QED) is 0.277. The summed E-state index contributed by atoms with van der Waals surface area (Å²) in [6.07, 6.45) is -2.51. The molecule has 0 spiro atoms. The number of carbonyl (C=O) groups excluding carboxylic acids is 2. The van der Waals surface area contributed by atoms with Crippen LogP contribution in [0.5, 0.6) is 0 Å². The van der Waals surface area contributed by atoms with E-state index >= 15 is 0 Å². The van der Waals surface area contributed by atoms with Crippen LogP contribution in [0, 0.1) is 0 Å². The van der Waals surface area contributed by atoms with Crippen molar-refractivity contribution in [3.05, 3.63) is 121 Å². The van der Waals surface area contributed by atoms with Crippen LogP contribution in [-0.4, -0.2) is 46.3 Å². The SMILES string of the molecule is C[C@H](O)C(=O)CP(=O)(c1ccccc1)c1ccccc1.C[C@H](O)C(=O)CP(=O)(c1ccccc1)c1ccccc1. The van der Waals surface area contributed by atoms with E-state index in [0.717, 1.165) is 0 Å². The summed E-state index contributed by atoms with van der Waals surface area (Å²) in [5.74, 6) is -0.804. The number of aliphatic hydroxyl groups is 2. The molecule has 8 heteroatoms. The second-order valence-corrected chi connectivity index (χ2v) is 15.1. The van der Waals surface area contributed by atoms with Gasteiger partial charge in [0.05, 0.1) is 12.3 Å². The van der Waals surface area contributed by atoms with E-state index in [1.807, 2.05) is 24.3 Å². The van der Waals surface area contributed by atoms with Gasteiger partial charge in [-0.2, -0.15) is 0 Å². The standard InChI is InChI=1S/2C16H17O3P/c2*1-13(17)16(18)12-20(19,14-8-4-2-5-9-14)15-10-6-3-7-11-15/h2*2-11,13,17H,12H2,1H3/t2*13-/m00/s1. The second kappa shape index (κ2) is 14.3. The van der Waals surface area contributed by atoms with Crippen molar-refractivity contribution in [1.29, 1.82) is 0 Å². The number of rotatable bonds is 10. The largest absolute Gasteiger partial charge is 0.386 e. The Balaban J connectivity index is 0.000000220. The van der Waals surface area contributed by atoms with Crippen molar-refractivity contribution in [2.45, 2.75) is 26.1 Å². The van der Waals surface area contributed by atoms with Gasteiger partial charge in [0.2, 0.25) is 0 Å². The van der Waals surface area contributed by atoms with Crippen LogP contribution in [0.25, 0.3) is 0 Å². The lowest BCUT2D eigenvalue weighted by atomic mass is 10.3. The minimum absolute atomic E-state index is 0.154. The molecule has 0 unspecified atom stereocenters. The molecular weight excluding hydrogens is 542 g/mol. The number of hydrogen-bond donors (Lipinski definition) is 2. The molecule has 0 heterocycles. The van der Waals surface area contributed by atoms with E-state index < -0.39 is 38.1 Å². The highest BCUT2D eigenvalue weighted by molar-refractivity contribution is 7.79. The van der Waals surface area contributed by atoms with E-state index in [9.17, 15) is 28.9 Å². The molecule has 0 saturated carbocycles. The molecule has 4 rings (SSSR count). The van der Waals surface area contributed by atoms with Crippen molar-refractivity contribution in [3.63, 3.8) is 0 Å². The normalized spacial score (nSPS) is 12.9. The first kappa shape index (κ1) is 31.1. The van der Waals surface area contributed by atoms with Crippen LogP contribution in [-0.2, 0) is 18.7 Å². The molecule has 6 nitrogen and oxygen atoms in total. The number of carbonyl (C=O) groups is 2. The molecule has 0 aromatic heterocycles. The molecule has 0 radical (unpaired) electrons. The molecule has 0 aliphatic heterocycles. The van der Waals surface area contributed by atoms with Gasteiger partial charge in [0.25, 0.3) is 0 Å². The molecule has 4 aromatic carbocycles. The Morgan fingerprint density at radius 2 is 0.700 bits per heavy atom. The monoisotopic (exact) mass is 576 g/mol. The van der Waals surface area contributed by atoms with Crippen molar-refractivity contribution >= 4 is 47.1 Å². The molecule has 0 saturated heterocycles. The van der Waals surface area contributed by atoms with Crippen LogP contribution >= 0.6 is 14.3 Å². The van der Waals surface area contributed by atoms with Gasteiger partial charge in [0.1, 0.15) is 26.5 Å². The van der Waals surface area contributed by atoms with E-state index in [2.05, 4.69) is 0 Å². The third-order valence-corrected chi connectivity index (χ3v) is 12.4. The average Bonchev–Trinajstić information content (AvgIpc) is 2.99. The molecule has 40 heavy (non-hydrogen) atoms. The predicted octanol–water partition coefficient (Wildman–Crippen LogP) is 3.90. The van der Waals surface area contributed by atoms with Gasteiger partial charge in [-0.05, 0) is 13.8 Å². The molecule has 0 amide bonds. The van der Waals surface area contributed by atoms with Crippen LogP contribution in [0.15, 0.2) is 121 Å². The lowest BCUT2D eigenvalue weighted by Gasteiger charge is -2.19. The fraction of sp³-hybridized carbons (Fsp3) is 0.188. The van der Waals surface area contributed by atoms with Gasteiger partial charge < -0.3 is 19.3 Å². The number of hydrogen-bond acceptors (Lipinski definition) is 6. The predicted molar refractivity (Wildman–Crippen MR) is 163 cm³/mol. The summed E-state index contributed by atoms with van der Waals surface area (Å²) in [4.78, 5) is 23.8. The highest BCUT2D eigenvalue weighted by Crippen LogP contribution is 2.44. The van der Waals surface area contributed by atoms with Crippen LogP contribution in [0.1, 0.15) is 13.8 Å². The second-order valence-electron chi connectivity index (χ2n) is 9.42. The van der Waals surface area contributed by atoms with E-state index in [0.29, 0.717) is 21.2 Å². The van der Waals surface area contributed by atoms with Gasteiger partial charge in [-0.1, -0.05) is 121 Å². The molecule has 2 atom stereocenters. The van der Waals surface area contributed by atoms with Gasteiger partial charge in [0.15, 0.2) is 11.6 Å². The first-order valence-electron chi connectivity index (χ1n) is 12.9. The summed E-state index contributed by atoms with van der Waals surface area (Å²) < 4.78 is 26.8. The van der Waals surface area contributed by atoms with Gasteiger partial charge in [0, 0.05) is 21.2 Å². The Morgan fingerprint density at radius 1 is 0.500 bits per heavy atom. The van der Waals surface area contributed by atoms with Gasteiger partial charge in [-0.25, -0.2) is 0 Å².